The Morgan fingerprint density at radius 1 is 1.22 bits per heavy atom. The zero-order valence-electron chi connectivity index (χ0n) is 13.4. The number of benzene rings is 2. The van der Waals surface area contributed by atoms with E-state index in [4.69, 9.17) is 9.47 Å². The Kier molecular flexibility index (Phi) is 5.10. The minimum atomic E-state index is -0.0964. The number of hydrogen-bond donors (Lipinski definition) is 1. The fourth-order valence-corrected chi connectivity index (χ4v) is 2.81. The molecule has 0 bridgehead atoms. The predicted octanol–water partition coefficient (Wildman–Crippen LogP) is 1.91. The summed E-state index contributed by atoms with van der Waals surface area (Å²) >= 11 is 0. The lowest BCUT2D eigenvalue weighted by molar-refractivity contribution is 0.0383. The third-order valence-electron chi connectivity index (χ3n) is 4.13. The predicted molar refractivity (Wildman–Crippen MR) is 90.1 cm³/mol. The summed E-state index contributed by atoms with van der Waals surface area (Å²) in [4.78, 5) is 14.8. The average molecular weight is 314 g/mol. The molecule has 1 saturated heterocycles. The van der Waals surface area contributed by atoms with E-state index in [1.54, 1.807) is 7.11 Å². The van der Waals surface area contributed by atoms with Crippen LogP contribution in [-0.4, -0.2) is 57.3 Å². The van der Waals surface area contributed by atoms with E-state index in [1.807, 2.05) is 36.4 Å². The number of ether oxygens (including phenoxy) is 2. The first-order chi connectivity index (χ1) is 11.3. The van der Waals surface area contributed by atoms with Crippen molar-refractivity contribution in [3.05, 3.63) is 42.0 Å². The summed E-state index contributed by atoms with van der Waals surface area (Å²) < 4.78 is 10.7. The summed E-state index contributed by atoms with van der Waals surface area (Å²) in [6.07, 6.45) is 0. The van der Waals surface area contributed by atoms with Crippen LogP contribution in [0.1, 0.15) is 10.4 Å². The van der Waals surface area contributed by atoms with Crippen molar-refractivity contribution in [1.82, 2.24) is 10.2 Å². The molecule has 23 heavy (non-hydrogen) atoms. The largest absolute Gasteiger partial charge is 0.496 e. The van der Waals surface area contributed by atoms with Crippen LogP contribution in [0.3, 0.4) is 0 Å². The van der Waals surface area contributed by atoms with E-state index in [2.05, 4.69) is 10.2 Å². The Morgan fingerprint density at radius 3 is 2.61 bits per heavy atom. The Labute approximate surface area is 136 Å². The molecule has 0 aromatic heterocycles. The lowest BCUT2D eigenvalue weighted by Crippen LogP contribution is -2.41. The Bertz CT molecular complexity index is 681. The van der Waals surface area contributed by atoms with E-state index in [-0.39, 0.29) is 5.91 Å². The highest BCUT2D eigenvalue weighted by atomic mass is 16.5. The molecule has 3 rings (SSSR count). The molecule has 0 radical (unpaired) electrons. The monoisotopic (exact) mass is 314 g/mol. The van der Waals surface area contributed by atoms with Gasteiger partial charge in [0.25, 0.3) is 5.91 Å². The van der Waals surface area contributed by atoms with Gasteiger partial charge in [-0.15, -0.1) is 0 Å². The van der Waals surface area contributed by atoms with E-state index < -0.39 is 0 Å². The van der Waals surface area contributed by atoms with Crippen LogP contribution in [0.15, 0.2) is 36.4 Å². The van der Waals surface area contributed by atoms with Gasteiger partial charge in [0.05, 0.1) is 25.9 Å². The number of fused-ring (bicyclic) bond motifs is 1. The lowest BCUT2D eigenvalue weighted by Gasteiger charge is -2.26. The Balaban J connectivity index is 1.67. The van der Waals surface area contributed by atoms with Gasteiger partial charge in [0, 0.05) is 26.2 Å². The summed E-state index contributed by atoms with van der Waals surface area (Å²) in [7, 11) is 1.59. The minimum absolute atomic E-state index is 0.0964. The van der Waals surface area contributed by atoms with Crippen molar-refractivity contribution >= 4 is 16.7 Å². The van der Waals surface area contributed by atoms with Gasteiger partial charge in [0.15, 0.2) is 0 Å². The molecule has 2 aromatic rings. The number of rotatable bonds is 5. The highest BCUT2D eigenvalue weighted by molar-refractivity contribution is 6.01. The maximum absolute atomic E-state index is 12.5. The van der Waals surface area contributed by atoms with Gasteiger partial charge >= 0.3 is 0 Å². The van der Waals surface area contributed by atoms with Crippen molar-refractivity contribution in [1.29, 1.82) is 0 Å². The number of hydrogen-bond acceptors (Lipinski definition) is 4. The fourth-order valence-electron chi connectivity index (χ4n) is 2.81. The number of amides is 1. The molecule has 0 atom stereocenters. The third kappa shape index (κ3) is 3.81. The van der Waals surface area contributed by atoms with Gasteiger partial charge in [0.1, 0.15) is 5.75 Å². The van der Waals surface area contributed by atoms with Crippen LogP contribution in [-0.2, 0) is 4.74 Å². The summed E-state index contributed by atoms with van der Waals surface area (Å²) in [6, 6.07) is 11.8. The standard InChI is InChI=1S/C18H22N2O3/c1-22-17-13-15-5-3-2-4-14(15)12-16(17)18(21)19-6-7-20-8-10-23-11-9-20/h2-5,12-13H,6-11H2,1H3,(H,19,21). The number of carbonyl (C=O) groups excluding carboxylic acids is 1. The first kappa shape index (κ1) is 15.8. The molecule has 0 spiro atoms. The second kappa shape index (κ2) is 7.44. The number of morpholine rings is 1. The molecular weight excluding hydrogens is 292 g/mol. The zero-order chi connectivity index (χ0) is 16.1. The van der Waals surface area contributed by atoms with E-state index >= 15 is 0 Å². The topological polar surface area (TPSA) is 50.8 Å². The van der Waals surface area contributed by atoms with Crippen molar-refractivity contribution < 1.29 is 14.3 Å². The number of nitrogens with zero attached hydrogens (tertiary/aromatic N) is 1. The number of carbonyl (C=O) groups is 1. The summed E-state index contributed by atoms with van der Waals surface area (Å²) in [5.74, 6) is 0.508. The summed E-state index contributed by atoms with van der Waals surface area (Å²) in [5, 5.41) is 5.08. The van der Waals surface area contributed by atoms with Crippen LogP contribution in [0.2, 0.25) is 0 Å². The first-order valence-electron chi connectivity index (χ1n) is 7.93. The van der Waals surface area contributed by atoms with Gasteiger partial charge in [-0.2, -0.15) is 0 Å². The molecule has 0 unspecified atom stereocenters. The molecular formula is C18H22N2O3. The highest BCUT2D eigenvalue weighted by Crippen LogP contribution is 2.25. The molecule has 1 heterocycles. The maximum Gasteiger partial charge on any atom is 0.255 e. The molecule has 0 saturated carbocycles. The molecule has 5 heteroatoms. The van der Waals surface area contributed by atoms with Crippen molar-refractivity contribution in [2.45, 2.75) is 0 Å². The van der Waals surface area contributed by atoms with Crippen molar-refractivity contribution in [3.8, 4) is 5.75 Å². The van der Waals surface area contributed by atoms with Crippen LogP contribution in [0.4, 0.5) is 0 Å². The SMILES string of the molecule is COc1cc2ccccc2cc1C(=O)NCCN1CCOCC1. The summed E-state index contributed by atoms with van der Waals surface area (Å²) in [5.41, 5.74) is 0.577. The van der Waals surface area contributed by atoms with E-state index in [0.717, 1.165) is 43.6 Å². The maximum atomic E-state index is 12.5. The first-order valence-corrected chi connectivity index (χ1v) is 7.93. The van der Waals surface area contributed by atoms with Gasteiger partial charge in [-0.1, -0.05) is 24.3 Å². The van der Waals surface area contributed by atoms with Gasteiger partial charge in [0.2, 0.25) is 0 Å². The van der Waals surface area contributed by atoms with Gasteiger partial charge in [-0.05, 0) is 22.9 Å². The van der Waals surface area contributed by atoms with Crippen molar-refractivity contribution in [2.24, 2.45) is 0 Å². The number of methoxy groups -OCH3 is 1. The van der Waals surface area contributed by atoms with Crippen LogP contribution in [0, 0.1) is 0 Å². The van der Waals surface area contributed by atoms with Crippen LogP contribution in [0.25, 0.3) is 10.8 Å². The quantitative estimate of drug-likeness (QED) is 0.916. The van der Waals surface area contributed by atoms with Crippen LogP contribution < -0.4 is 10.1 Å². The second-order valence-electron chi connectivity index (χ2n) is 5.61. The van der Waals surface area contributed by atoms with Gasteiger partial charge in [-0.3, -0.25) is 9.69 Å². The normalized spacial score (nSPS) is 15.5. The molecule has 1 N–H and O–H groups in total. The molecule has 1 amide bonds. The van der Waals surface area contributed by atoms with Crippen molar-refractivity contribution in [3.63, 3.8) is 0 Å². The molecule has 1 aliphatic heterocycles. The zero-order valence-corrected chi connectivity index (χ0v) is 13.4. The average Bonchev–Trinajstić information content (AvgIpc) is 2.61. The third-order valence-corrected chi connectivity index (χ3v) is 4.13. The fraction of sp³-hybridized carbons (Fsp3) is 0.389. The number of nitrogens with one attached hydrogen (secondary N) is 1. The molecule has 1 fully saturated rings. The minimum Gasteiger partial charge on any atom is -0.496 e. The molecule has 1 aliphatic rings. The Morgan fingerprint density at radius 2 is 1.91 bits per heavy atom. The lowest BCUT2D eigenvalue weighted by atomic mass is 10.1. The summed E-state index contributed by atoms with van der Waals surface area (Å²) in [6.45, 7) is 4.85. The van der Waals surface area contributed by atoms with Crippen LogP contribution in [0.5, 0.6) is 5.75 Å². The Hall–Kier alpha value is -2.11. The second-order valence-corrected chi connectivity index (χ2v) is 5.61. The van der Waals surface area contributed by atoms with E-state index in [9.17, 15) is 4.79 Å². The van der Waals surface area contributed by atoms with E-state index in [1.165, 1.54) is 0 Å². The van der Waals surface area contributed by atoms with E-state index in [0.29, 0.717) is 17.9 Å². The molecule has 5 nitrogen and oxygen atoms in total. The molecule has 122 valence electrons. The van der Waals surface area contributed by atoms with Crippen LogP contribution >= 0.6 is 0 Å². The molecule has 2 aromatic carbocycles. The van der Waals surface area contributed by atoms with Gasteiger partial charge < -0.3 is 14.8 Å². The van der Waals surface area contributed by atoms with Crippen molar-refractivity contribution in [2.75, 3.05) is 46.5 Å². The van der Waals surface area contributed by atoms with Gasteiger partial charge in [-0.25, -0.2) is 0 Å². The molecule has 0 aliphatic carbocycles. The highest BCUT2D eigenvalue weighted by Gasteiger charge is 2.14. The smallest absolute Gasteiger partial charge is 0.255 e.